The molecule has 3 heterocycles. The zero-order valence-electron chi connectivity index (χ0n) is 18.7. The first-order chi connectivity index (χ1) is 14.3. The summed E-state index contributed by atoms with van der Waals surface area (Å²) in [5.41, 5.74) is -0.556. The van der Waals surface area contributed by atoms with Gasteiger partial charge in [0, 0.05) is 12.7 Å². The van der Waals surface area contributed by atoms with Crippen molar-refractivity contribution in [3.05, 3.63) is 29.6 Å². The number of carbonyl (C=O) groups is 1. The number of hydrogen-bond acceptors (Lipinski definition) is 3. The van der Waals surface area contributed by atoms with Gasteiger partial charge in [-0.05, 0) is 39.5 Å². The molecule has 3 atom stereocenters. The van der Waals surface area contributed by atoms with Crippen LogP contribution in [-0.2, 0) is 16.5 Å². The maximum atomic E-state index is 13.5. The van der Waals surface area contributed by atoms with Crippen LogP contribution in [0, 0.1) is 6.92 Å². The molecule has 0 N–H and O–H groups in total. The molecule has 31 heavy (non-hydrogen) atoms. The van der Waals surface area contributed by atoms with Gasteiger partial charge in [0.15, 0.2) is 5.69 Å². The zero-order valence-corrected chi connectivity index (χ0v) is 19.4. The topological polar surface area (TPSA) is 56.0 Å². The molecule has 0 aromatic carbocycles. The van der Waals surface area contributed by atoms with Crippen LogP contribution in [0.5, 0.6) is 0 Å². The van der Waals surface area contributed by atoms with Crippen LogP contribution < -0.4 is 4.90 Å². The third-order valence-electron chi connectivity index (χ3n) is 6.15. The fourth-order valence-corrected chi connectivity index (χ4v) is 4.76. The first-order valence-electron chi connectivity index (χ1n) is 10.5. The number of imidazole rings is 1. The van der Waals surface area contributed by atoms with Crippen molar-refractivity contribution < 1.29 is 18.0 Å². The molecule has 1 saturated heterocycles. The van der Waals surface area contributed by atoms with Crippen molar-refractivity contribution >= 4 is 23.2 Å². The summed E-state index contributed by atoms with van der Waals surface area (Å²) >= 11 is 6.39. The number of carbonyl (C=O) groups excluding carboxylic acids is 1. The van der Waals surface area contributed by atoms with Crippen LogP contribution >= 0.6 is 11.6 Å². The van der Waals surface area contributed by atoms with Crippen LogP contribution in [0.15, 0.2) is 12.4 Å². The lowest BCUT2D eigenvalue weighted by atomic mass is 10.00. The number of halogens is 4. The lowest BCUT2D eigenvalue weighted by Gasteiger charge is -2.27. The summed E-state index contributed by atoms with van der Waals surface area (Å²) in [4.78, 5) is 18.8. The summed E-state index contributed by atoms with van der Waals surface area (Å²) < 4.78 is 42.7. The van der Waals surface area contributed by atoms with Crippen molar-refractivity contribution in [2.24, 2.45) is 0 Å². The molecule has 1 amide bonds. The van der Waals surface area contributed by atoms with Crippen LogP contribution in [0.3, 0.4) is 0 Å². The Labute approximate surface area is 185 Å². The molecule has 2 aromatic rings. The van der Waals surface area contributed by atoms with Crippen LogP contribution in [0.25, 0.3) is 0 Å². The van der Waals surface area contributed by atoms with E-state index in [1.165, 1.54) is 11.5 Å². The highest BCUT2D eigenvalue weighted by Crippen LogP contribution is 2.40. The van der Waals surface area contributed by atoms with Gasteiger partial charge in [-0.15, -0.1) is 11.6 Å². The minimum Gasteiger partial charge on any atom is -0.319 e. The average molecular weight is 460 g/mol. The first kappa shape index (κ1) is 23.6. The van der Waals surface area contributed by atoms with Gasteiger partial charge in [-0.2, -0.15) is 18.3 Å². The van der Waals surface area contributed by atoms with E-state index in [4.69, 9.17) is 11.6 Å². The number of aryl methyl sites for hydroxylation is 1. The van der Waals surface area contributed by atoms with Gasteiger partial charge in [0.25, 0.3) is 5.91 Å². The smallest absolute Gasteiger partial charge is 0.319 e. The van der Waals surface area contributed by atoms with Crippen molar-refractivity contribution in [2.45, 2.75) is 83.4 Å². The highest BCUT2D eigenvalue weighted by Gasteiger charge is 2.48. The number of alkyl halides is 4. The van der Waals surface area contributed by atoms with Gasteiger partial charge in [0.1, 0.15) is 11.4 Å². The second kappa shape index (κ2) is 8.15. The molecule has 2 aromatic heterocycles. The maximum absolute atomic E-state index is 13.5. The second-order valence-corrected chi connectivity index (χ2v) is 9.38. The Bertz CT molecular complexity index is 965. The summed E-state index contributed by atoms with van der Waals surface area (Å²) in [6.07, 6.45) is -0.806. The molecule has 1 aliphatic rings. The SMILES string of the molecule is CC[C@H](C(C)Cl)n1ncc(N2CCC(C)(n3cc(C(F)(F)F)nc3C)C2=O)c1C(C)C. The number of nitrogens with zero attached hydrogens (tertiary/aromatic N) is 5. The third-order valence-corrected chi connectivity index (χ3v) is 6.44. The minimum absolute atomic E-state index is 0.0258. The highest BCUT2D eigenvalue weighted by molar-refractivity contribution is 6.20. The molecule has 1 fully saturated rings. The van der Waals surface area contributed by atoms with Gasteiger partial charge < -0.3 is 9.47 Å². The largest absolute Gasteiger partial charge is 0.434 e. The van der Waals surface area contributed by atoms with Crippen molar-refractivity contribution in [3.8, 4) is 0 Å². The van der Waals surface area contributed by atoms with Gasteiger partial charge in [-0.25, -0.2) is 4.98 Å². The summed E-state index contributed by atoms with van der Waals surface area (Å²) in [7, 11) is 0. The molecule has 172 valence electrons. The molecule has 0 radical (unpaired) electrons. The van der Waals surface area contributed by atoms with Gasteiger partial charge in [0.2, 0.25) is 0 Å². The summed E-state index contributed by atoms with van der Waals surface area (Å²) in [5.74, 6) is -0.0320. The van der Waals surface area contributed by atoms with Crippen molar-refractivity contribution in [1.29, 1.82) is 0 Å². The Balaban J connectivity index is 2.02. The molecular formula is C21H29ClF3N5O. The molecule has 0 bridgehead atoms. The van der Waals surface area contributed by atoms with E-state index in [2.05, 4.69) is 10.1 Å². The van der Waals surface area contributed by atoms with Crippen LogP contribution in [0.2, 0.25) is 0 Å². The Morgan fingerprint density at radius 1 is 1.29 bits per heavy atom. The molecule has 10 heteroatoms. The molecule has 0 aliphatic carbocycles. The first-order valence-corrected chi connectivity index (χ1v) is 10.9. The molecule has 3 rings (SSSR count). The van der Waals surface area contributed by atoms with E-state index >= 15 is 0 Å². The fourth-order valence-electron chi connectivity index (χ4n) is 4.48. The maximum Gasteiger partial charge on any atom is 0.434 e. The predicted molar refractivity (Wildman–Crippen MR) is 114 cm³/mol. The van der Waals surface area contributed by atoms with E-state index in [1.54, 1.807) is 18.0 Å². The standard InChI is InChI=1S/C21H29ClF3N5O/c1-7-15(13(4)22)30-18(12(2)3)16(10-26-30)28-9-8-20(6,19(28)31)29-11-17(21(23,24)25)27-14(29)5/h10-13,15H,7-9H2,1-6H3/t13?,15-,20?/m1/s1. The lowest BCUT2D eigenvalue weighted by molar-refractivity contribution is -0.141. The van der Waals surface area contributed by atoms with E-state index < -0.39 is 17.4 Å². The fraction of sp³-hybridized carbons (Fsp3) is 0.667. The monoisotopic (exact) mass is 459 g/mol. The second-order valence-electron chi connectivity index (χ2n) is 8.69. The molecule has 6 nitrogen and oxygen atoms in total. The number of anilines is 1. The molecule has 1 aliphatic heterocycles. The van der Waals surface area contributed by atoms with E-state index in [-0.39, 0.29) is 29.1 Å². The number of amides is 1. The van der Waals surface area contributed by atoms with Crippen molar-refractivity contribution in [1.82, 2.24) is 19.3 Å². The molecule has 0 saturated carbocycles. The third kappa shape index (κ3) is 3.97. The molecular weight excluding hydrogens is 431 g/mol. The Morgan fingerprint density at radius 2 is 1.94 bits per heavy atom. The Morgan fingerprint density at radius 3 is 2.42 bits per heavy atom. The van der Waals surface area contributed by atoms with Crippen LogP contribution in [0.1, 0.15) is 76.6 Å². The van der Waals surface area contributed by atoms with Gasteiger partial charge in [0.05, 0.1) is 29.0 Å². The number of aromatic nitrogens is 4. The molecule has 2 unspecified atom stereocenters. The number of hydrogen-bond donors (Lipinski definition) is 0. The summed E-state index contributed by atoms with van der Waals surface area (Å²) in [5, 5.41) is 4.40. The van der Waals surface area contributed by atoms with Crippen molar-refractivity contribution in [3.63, 3.8) is 0 Å². The normalized spacial score (nSPS) is 21.9. The Hall–Kier alpha value is -2.03. The van der Waals surface area contributed by atoms with Gasteiger partial charge in [-0.1, -0.05) is 20.8 Å². The van der Waals surface area contributed by atoms with Crippen LogP contribution in [-0.4, -0.2) is 37.2 Å². The average Bonchev–Trinajstić information content (AvgIpc) is 3.33. The van der Waals surface area contributed by atoms with Crippen LogP contribution in [0.4, 0.5) is 18.9 Å². The minimum atomic E-state index is -4.56. The lowest BCUT2D eigenvalue weighted by Crippen LogP contribution is -2.41. The molecule has 0 spiro atoms. The number of rotatable bonds is 6. The van der Waals surface area contributed by atoms with E-state index in [0.29, 0.717) is 18.7 Å². The highest BCUT2D eigenvalue weighted by atomic mass is 35.5. The van der Waals surface area contributed by atoms with Gasteiger partial charge in [-0.3, -0.25) is 9.48 Å². The quantitative estimate of drug-likeness (QED) is 0.553. The predicted octanol–water partition coefficient (Wildman–Crippen LogP) is 5.26. The van der Waals surface area contributed by atoms with E-state index in [1.807, 2.05) is 32.4 Å². The summed E-state index contributed by atoms with van der Waals surface area (Å²) in [6, 6.07) is -0.0258. The van der Waals surface area contributed by atoms with E-state index in [0.717, 1.165) is 18.3 Å². The van der Waals surface area contributed by atoms with Crippen molar-refractivity contribution in [2.75, 3.05) is 11.4 Å². The Kier molecular flexibility index (Phi) is 6.21. The summed E-state index contributed by atoms with van der Waals surface area (Å²) in [6.45, 7) is 11.5. The zero-order chi connectivity index (χ0) is 23.3. The van der Waals surface area contributed by atoms with Gasteiger partial charge >= 0.3 is 6.18 Å². The van der Waals surface area contributed by atoms with E-state index in [9.17, 15) is 18.0 Å².